The lowest BCUT2D eigenvalue weighted by Gasteiger charge is -2.11. The maximum Gasteiger partial charge on any atom is 0.263 e. The van der Waals surface area contributed by atoms with Crippen LogP contribution in [-0.4, -0.2) is 34.9 Å². The molecular formula is C21H25N3O3S2. The molecule has 0 spiro atoms. The minimum atomic E-state index is -0.0829. The van der Waals surface area contributed by atoms with Crippen LogP contribution in [-0.2, 0) is 17.8 Å². The highest BCUT2D eigenvalue weighted by atomic mass is 32.2. The Labute approximate surface area is 178 Å². The van der Waals surface area contributed by atoms with Crippen molar-refractivity contribution in [2.75, 3.05) is 19.4 Å². The van der Waals surface area contributed by atoms with Crippen molar-refractivity contribution in [3.8, 4) is 5.75 Å². The molecule has 0 fully saturated rings. The van der Waals surface area contributed by atoms with Gasteiger partial charge in [-0.2, -0.15) is 0 Å². The van der Waals surface area contributed by atoms with E-state index in [2.05, 4.69) is 10.3 Å². The lowest BCUT2D eigenvalue weighted by atomic mass is 10.1. The molecule has 1 N–H and O–H groups in total. The second-order valence-electron chi connectivity index (χ2n) is 6.61. The summed E-state index contributed by atoms with van der Waals surface area (Å²) in [5, 5.41) is 4.21. The van der Waals surface area contributed by atoms with Crippen LogP contribution >= 0.6 is 23.1 Å². The summed E-state index contributed by atoms with van der Waals surface area (Å²) in [6.45, 7) is 6.92. The number of thioether (sulfide) groups is 1. The van der Waals surface area contributed by atoms with Gasteiger partial charge in [0.15, 0.2) is 5.16 Å². The number of carbonyl (C=O) groups is 1. The molecule has 3 rings (SSSR count). The molecule has 3 aromatic rings. The minimum absolute atomic E-state index is 0.0292. The van der Waals surface area contributed by atoms with Gasteiger partial charge in [-0.05, 0) is 44.4 Å². The van der Waals surface area contributed by atoms with E-state index >= 15 is 0 Å². The van der Waals surface area contributed by atoms with Crippen molar-refractivity contribution in [1.29, 1.82) is 0 Å². The number of thiophene rings is 1. The first-order chi connectivity index (χ1) is 14.0. The number of methoxy groups -OCH3 is 1. The van der Waals surface area contributed by atoms with Crippen molar-refractivity contribution in [1.82, 2.24) is 14.9 Å². The number of amides is 1. The number of hydrogen-bond acceptors (Lipinski definition) is 6. The second kappa shape index (κ2) is 9.45. The number of nitrogens with one attached hydrogen (secondary N) is 1. The van der Waals surface area contributed by atoms with Crippen LogP contribution in [0.4, 0.5) is 0 Å². The molecule has 1 amide bonds. The first kappa shape index (κ1) is 21.4. The number of aryl methyl sites for hydroxylation is 2. The molecule has 6 nitrogen and oxygen atoms in total. The molecule has 0 bridgehead atoms. The molecule has 0 unspecified atom stereocenters. The summed E-state index contributed by atoms with van der Waals surface area (Å²) in [6, 6.07) is 7.78. The Morgan fingerprint density at radius 1 is 1.31 bits per heavy atom. The fraction of sp³-hybridized carbons (Fsp3) is 0.381. The molecule has 0 aliphatic rings. The Morgan fingerprint density at radius 2 is 2.07 bits per heavy atom. The Bertz CT molecular complexity index is 1090. The lowest BCUT2D eigenvalue weighted by molar-refractivity contribution is -0.118. The summed E-state index contributed by atoms with van der Waals surface area (Å²) in [4.78, 5) is 31.6. The van der Waals surface area contributed by atoms with Crippen LogP contribution in [0.2, 0.25) is 0 Å². The zero-order valence-electron chi connectivity index (χ0n) is 17.1. The van der Waals surface area contributed by atoms with Gasteiger partial charge in [0.2, 0.25) is 5.91 Å². The van der Waals surface area contributed by atoms with Crippen molar-refractivity contribution >= 4 is 39.2 Å². The number of para-hydroxylation sites is 1. The van der Waals surface area contributed by atoms with Crippen molar-refractivity contribution in [3.63, 3.8) is 0 Å². The van der Waals surface area contributed by atoms with Gasteiger partial charge in [-0.15, -0.1) is 11.3 Å². The predicted octanol–water partition coefficient (Wildman–Crippen LogP) is 3.55. The molecule has 0 aliphatic heterocycles. The predicted molar refractivity (Wildman–Crippen MR) is 119 cm³/mol. The van der Waals surface area contributed by atoms with Crippen LogP contribution in [0.15, 0.2) is 34.2 Å². The molecule has 0 atom stereocenters. The fourth-order valence-electron chi connectivity index (χ4n) is 3.12. The van der Waals surface area contributed by atoms with E-state index in [9.17, 15) is 9.59 Å². The van der Waals surface area contributed by atoms with E-state index in [0.717, 1.165) is 26.6 Å². The topological polar surface area (TPSA) is 73.2 Å². The Kier molecular flexibility index (Phi) is 6.97. The van der Waals surface area contributed by atoms with Gasteiger partial charge in [-0.3, -0.25) is 14.2 Å². The zero-order chi connectivity index (χ0) is 21.0. The first-order valence-corrected chi connectivity index (χ1v) is 11.3. The standard InChI is InChI=1S/C21H25N3O3S2/c1-5-24-20(26)18-13(2)14(3)29-19(18)23-21(24)28-12-17(25)22-11-10-15-8-6-7-9-16(15)27-4/h6-9H,5,10-12H2,1-4H3,(H,22,25). The Hall–Kier alpha value is -2.32. The van der Waals surface area contributed by atoms with Crippen LogP contribution in [0.3, 0.4) is 0 Å². The summed E-state index contributed by atoms with van der Waals surface area (Å²) in [5.74, 6) is 0.954. The maximum atomic E-state index is 12.9. The highest BCUT2D eigenvalue weighted by Crippen LogP contribution is 2.28. The number of ether oxygens (including phenoxy) is 1. The van der Waals surface area contributed by atoms with Gasteiger partial charge in [0, 0.05) is 18.0 Å². The zero-order valence-corrected chi connectivity index (χ0v) is 18.7. The monoisotopic (exact) mass is 431 g/mol. The number of hydrogen-bond donors (Lipinski definition) is 1. The number of nitrogens with zero attached hydrogens (tertiary/aromatic N) is 2. The number of fused-ring (bicyclic) bond motifs is 1. The van der Waals surface area contributed by atoms with Gasteiger partial charge in [0.05, 0.1) is 18.2 Å². The van der Waals surface area contributed by atoms with E-state index in [1.807, 2.05) is 45.0 Å². The van der Waals surface area contributed by atoms with Gasteiger partial charge >= 0.3 is 0 Å². The maximum absolute atomic E-state index is 12.9. The number of benzene rings is 1. The van der Waals surface area contributed by atoms with Gasteiger partial charge in [-0.25, -0.2) is 4.98 Å². The fourth-order valence-corrected chi connectivity index (χ4v) is 5.09. The van der Waals surface area contributed by atoms with Crippen LogP contribution < -0.4 is 15.6 Å². The lowest BCUT2D eigenvalue weighted by Crippen LogP contribution is -2.28. The second-order valence-corrected chi connectivity index (χ2v) is 8.75. The summed E-state index contributed by atoms with van der Waals surface area (Å²) < 4.78 is 6.98. The molecule has 0 saturated carbocycles. The van der Waals surface area contributed by atoms with E-state index in [-0.39, 0.29) is 17.2 Å². The van der Waals surface area contributed by atoms with E-state index in [4.69, 9.17) is 4.74 Å². The van der Waals surface area contributed by atoms with E-state index < -0.39 is 0 Å². The average molecular weight is 432 g/mol. The molecular weight excluding hydrogens is 406 g/mol. The van der Waals surface area contributed by atoms with Crippen molar-refractivity contribution in [2.24, 2.45) is 0 Å². The quantitative estimate of drug-likeness (QED) is 0.436. The molecule has 1 aromatic carbocycles. The minimum Gasteiger partial charge on any atom is -0.496 e. The SMILES string of the molecule is CCn1c(SCC(=O)NCCc2ccccc2OC)nc2sc(C)c(C)c2c1=O. The third-order valence-corrected chi connectivity index (χ3v) is 6.89. The van der Waals surface area contributed by atoms with Crippen molar-refractivity contribution in [3.05, 3.63) is 50.6 Å². The Balaban J connectivity index is 1.64. The van der Waals surface area contributed by atoms with E-state index in [1.54, 1.807) is 11.7 Å². The van der Waals surface area contributed by atoms with Crippen LogP contribution in [0.1, 0.15) is 22.9 Å². The summed E-state index contributed by atoms with van der Waals surface area (Å²) >= 11 is 2.82. The van der Waals surface area contributed by atoms with Crippen LogP contribution in [0.25, 0.3) is 10.2 Å². The van der Waals surface area contributed by atoms with Gasteiger partial charge in [-0.1, -0.05) is 30.0 Å². The van der Waals surface area contributed by atoms with Gasteiger partial charge in [0.25, 0.3) is 5.56 Å². The third-order valence-electron chi connectivity index (χ3n) is 4.81. The van der Waals surface area contributed by atoms with E-state index in [1.165, 1.54) is 23.1 Å². The summed E-state index contributed by atoms with van der Waals surface area (Å²) in [6.07, 6.45) is 0.693. The molecule has 2 heterocycles. The largest absolute Gasteiger partial charge is 0.496 e. The van der Waals surface area contributed by atoms with E-state index in [0.29, 0.717) is 30.1 Å². The number of carbonyl (C=O) groups excluding carboxylic acids is 1. The molecule has 29 heavy (non-hydrogen) atoms. The number of aromatic nitrogens is 2. The van der Waals surface area contributed by atoms with Crippen molar-refractivity contribution in [2.45, 2.75) is 38.9 Å². The normalized spacial score (nSPS) is 11.0. The third kappa shape index (κ3) is 4.64. The van der Waals surface area contributed by atoms with Crippen molar-refractivity contribution < 1.29 is 9.53 Å². The highest BCUT2D eigenvalue weighted by Gasteiger charge is 2.16. The molecule has 0 radical (unpaired) electrons. The number of rotatable bonds is 8. The van der Waals surface area contributed by atoms with Crippen LogP contribution in [0.5, 0.6) is 5.75 Å². The van der Waals surface area contributed by atoms with Gasteiger partial charge < -0.3 is 10.1 Å². The van der Waals surface area contributed by atoms with Crippen LogP contribution in [0, 0.1) is 13.8 Å². The average Bonchev–Trinajstić information content (AvgIpc) is 3.00. The summed E-state index contributed by atoms with van der Waals surface area (Å²) in [7, 11) is 1.64. The Morgan fingerprint density at radius 3 is 2.79 bits per heavy atom. The molecule has 8 heteroatoms. The molecule has 0 saturated heterocycles. The van der Waals surface area contributed by atoms with Gasteiger partial charge in [0.1, 0.15) is 10.6 Å². The first-order valence-electron chi connectivity index (χ1n) is 9.48. The smallest absolute Gasteiger partial charge is 0.263 e. The summed E-state index contributed by atoms with van der Waals surface area (Å²) in [5.41, 5.74) is 2.02. The molecule has 2 aromatic heterocycles. The molecule has 0 aliphatic carbocycles. The highest BCUT2D eigenvalue weighted by molar-refractivity contribution is 7.99. The molecule has 154 valence electrons.